The Morgan fingerprint density at radius 1 is 0.567 bits per heavy atom. The number of rotatable bonds is 30. The van der Waals surface area contributed by atoms with Gasteiger partial charge in [0.05, 0.1) is 25.2 Å². The molecular weight excluding hydrogens is 891 g/mol. The average molecular weight is 966 g/mol. The fraction of sp³-hybridized carbons (Fsp3) is 0.667. The minimum Gasteiger partial charge on any atom is -0.508 e. The standard InChI is InChI=1S/C45H75N9O12S/c1-23(2)17-32(51-39(59)30(46)20-28-11-13-29(56)14-12-28)40(60)48-21-35(57)47-22-36(58)49-33(18-24(3)4)42(62)52-34(19-25(5)6)43(63)54-38(27(9)55)44(64)50-31(15-16-67-10)41(61)53-37(26(7)8)45(65)66/h11-14,23-27,30-34,37-38,55-56H,15-22,46H2,1-10H3,(H,47,57)(H,48,60)(H,49,58)(H,50,64)(H,51,59)(H,52,62)(H,53,61)(H,54,63)(H,65,66)/t27-,30+,31+,32+,33+,34+,37+,38+/m1/s1. The van der Waals surface area contributed by atoms with Crippen LogP contribution in [0.25, 0.3) is 0 Å². The molecule has 378 valence electrons. The van der Waals surface area contributed by atoms with Crippen LogP contribution in [-0.4, -0.2) is 142 Å². The molecule has 0 saturated carbocycles. The van der Waals surface area contributed by atoms with Crippen molar-refractivity contribution < 1.29 is 58.5 Å². The van der Waals surface area contributed by atoms with E-state index in [-0.39, 0.29) is 55.6 Å². The number of aromatic hydroxyl groups is 1. The molecule has 0 heterocycles. The SMILES string of the molecule is CSCC[C@H](NC(=O)[C@@H](NC(=O)[C@H](CC(C)C)NC(=O)[C@H](CC(C)C)NC(=O)CNC(=O)CNC(=O)[C@H](CC(C)C)NC(=O)[C@@H](N)Cc1ccc(O)cc1)[C@@H](C)O)C(=O)N[C@H](C(=O)O)C(C)C. The van der Waals surface area contributed by atoms with E-state index in [2.05, 4.69) is 42.5 Å². The Bertz CT molecular complexity index is 1810. The first kappa shape index (κ1) is 59.5. The predicted octanol–water partition coefficient (Wildman–Crippen LogP) is -0.584. The van der Waals surface area contributed by atoms with Crippen molar-refractivity contribution in [1.29, 1.82) is 0 Å². The highest BCUT2D eigenvalue weighted by atomic mass is 32.2. The molecule has 0 fully saturated rings. The lowest BCUT2D eigenvalue weighted by molar-refractivity contribution is -0.143. The molecule has 67 heavy (non-hydrogen) atoms. The molecule has 0 aromatic heterocycles. The number of aliphatic carboxylic acids is 1. The summed E-state index contributed by atoms with van der Waals surface area (Å²) in [4.78, 5) is 118. The van der Waals surface area contributed by atoms with Gasteiger partial charge in [0.15, 0.2) is 0 Å². The van der Waals surface area contributed by atoms with Crippen LogP contribution in [0.2, 0.25) is 0 Å². The van der Waals surface area contributed by atoms with Gasteiger partial charge in [-0.2, -0.15) is 11.8 Å². The quantitative estimate of drug-likeness (QED) is 0.0459. The molecule has 0 aliphatic carbocycles. The number of nitrogens with one attached hydrogen (secondary N) is 8. The van der Waals surface area contributed by atoms with Crippen LogP contribution in [0.1, 0.15) is 93.6 Å². The number of aliphatic hydroxyl groups excluding tert-OH is 1. The first-order chi connectivity index (χ1) is 31.2. The molecule has 0 radical (unpaired) electrons. The van der Waals surface area contributed by atoms with Crippen LogP contribution >= 0.6 is 11.8 Å². The molecule has 13 N–H and O–H groups in total. The van der Waals surface area contributed by atoms with Crippen LogP contribution in [0.5, 0.6) is 5.75 Å². The van der Waals surface area contributed by atoms with E-state index < -0.39 is 121 Å². The molecule has 22 heteroatoms. The van der Waals surface area contributed by atoms with Crippen molar-refractivity contribution in [2.45, 2.75) is 143 Å². The van der Waals surface area contributed by atoms with Gasteiger partial charge in [-0.1, -0.05) is 67.5 Å². The predicted molar refractivity (Wildman–Crippen MR) is 253 cm³/mol. The van der Waals surface area contributed by atoms with Gasteiger partial charge in [0.1, 0.15) is 42.0 Å². The van der Waals surface area contributed by atoms with Crippen molar-refractivity contribution in [2.24, 2.45) is 29.4 Å². The minimum absolute atomic E-state index is 0.0263. The molecule has 0 spiro atoms. The largest absolute Gasteiger partial charge is 0.508 e. The van der Waals surface area contributed by atoms with Crippen LogP contribution in [0, 0.1) is 23.7 Å². The van der Waals surface area contributed by atoms with E-state index in [4.69, 9.17) is 5.73 Å². The summed E-state index contributed by atoms with van der Waals surface area (Å²) in [5.74, 6) is -7.58. The van der Waals surface area contributed by atoms with Gasteiger partial charge in [-0.3, -0.25) is 38.4 Å². The Morgan fingerprint density at radius 2 is 1.01 bits per heavy atom. The maximum absolute atomic E-state index is 13.8. The zero-order valence-electron chi connectivity index (χ0n) is 40.4. The fourth-order valence-corrected chi connectivity index (χ4v) is 7.08. The van der Waals surface area contributed by atoms with Crippen LogP contribution in [-0.2, 0) is 49.6 Å². The fourth-order valence-electron chi connectivity index (χ4n) is 6.61. The second-order valence-electron chi connectivity index (χ2n) is 18.2. The smallest absolute Gasteiger partial charge is 0.326 e. The van der Waals surface area contributed by atoms with Crippen molar-refractivity contribution in [3.8, 4) is 5.75 Å². The molecule has 8 atom stereocenters. The summed E-state index contributed by atoms with van der Waals surface area (Å²) < 4.78 is 0. The van der Waals surface area contributed by atoms with E-state index in [0.717, 1.165) is 0 Å². The van der Waals surface area contributed by atoms with Gasteiger partial charge >= 0.3 is 5.97 Å². The molecular formula is C45H75N9O12S. The van der Waals surface area contributed by atoms with Crippen LogP contribution in [0.15, 0.2) is 24.3 Å². The zero-order valence-corrected chi connectivity index (χ0v) is 41.2. The molecule has 0 aliphatic rings. The Hall–Kier alpha value is -5.48. The van der Waals surface area contributed by atoms with E-state index in [9.17, 15) is 58.5 Å². The summed E-state index contributed by atoms with van der Waals surface area (Å²) >= 11 is 1.38. The molecule has 0 bridgehead atoms. The van der Waals surface area contributed by atoms with E-state index in [1.807, 2.05) is 13.8 Å². The zero-order chi connectivity index (χ0) is 51.1. The molecule has 21 nitrogen and oxygen atoms in total. The number of hydrogen-bond donors (Lipinski definition) is 12. The van der Waals surface area contributed by atoms with Crippen LogP contribution in [0.3, 0.4) is 0 Å². The monoisotopic (exact) mass is 966 g/mol. The Kier molecular flexibility index (Phi) is 26.7. The normalized spacial score (nSPS) is 14.9. The van der Waals surface area contributed by atoms with E-state index in [1.165, 1.54) is 30.8 Å². The maximum Gasteiger partial charge on any atom is 0.326 e. The number of hydrogen-bond acceptors (Lipinski definition) is 13. The van der Waals surface area contributed by atoms with Crippen molar-refractivity contribution in [2.75, 3.05) is 25.1 Å². The second kappa shape index (κ2) is 30.0. The molecule has 1 aromatic carbocycles. The molecule has 1 rings (SSSR count). The highest BCUT2D eigenvalue weighted by molar-refractivity contribution is 7.98. The Morgan fingerprint density at radius 3 is 1.51 bits per heavy atom. The molecule has 1 aromatic rings. The highest BCUT2D eigenvalue weighted by Crippen LogP contribution is 2.13. The van der Waals surface area contributed by atoms with Gasteiger partial charge in [0.2, 0.25) is 47.3 Å². The van der Waals surface area contributed by atoms with Crippen molar-refractivity contribution in [3.05, 3.63) is 29.8 Å². The van der Waals surface area contributed by atoms with Crippen molar-refractivity contribution >= 4 is 65.0 Å². The summed E-state index contributed by atoms with van der Waals surface area (Å²) in [6.45, 7) is 14.2. The van der Waals surface area contributed by atoms with Gasteiger partial charge in [-0.05, 0) is 92.4 Å². The number of benzene rings is 1. The number of carboxylic acid groups (broad SMARTS) is 1. The second-order valence-corrected chi connectivity index (χ2v) is 19.2. The van der Waals surface area contributed by atoms with Gasteiger partial charge in [0, 0.05) is 0 Å². The van der Waals surface area contributed by atoms with Crippen LogP contribution < -0.4 is 48.3 Å². The number of phenols is 1. The van der Waals surface area contributed by atoms with E-state index in [1.54, 1.807) is 59.9 Å². The Labute approximate surface area is 397 Å². The van der Waals surface area contributed by atoms with Crippen molar-refractivity contribution in [1.82, 2.24) is 42.5 Å². The van der Waals surface area contributed by atoms with Gasteiger partial charge in [-0.25, -0.2) is 4.79 Å². The molecule has 0 aliphatic heterocycles. The summed E-state index contributed by atoms with van der Waals surface area (Å²) in [5, 5.41) is 49.8. The summed E-state index contributed by atoms with van der Waals surface area (Å²) in [7, 11) is 0. The number of amides is 8. The average Bonchev–Trinajstić information content (AvgIpc) is 3.23. The maximum atomic E-state index is 13.8. The third kappa shape index (κ3) is 23.2. The number of thioether (sulfide) groups is 1. The van der Waals surface area contributed by atoms with E-state index >= 15 is 0 Å². The summed E-state index contributed by atoms with van der Waals surface area (Å²) in [6.07, 6.45) is 0.998. The third-order valence-corrected chi connectivity index (χ3v) is 10.8. The number of carbonyl (C=O) groups excluding carboxylic acids is 8. The minimum atomic E-state index is -1.59. The third-order valence-electron chi connectivity index (χ3n) is 10.2. The van der Waals surface area contributed by atoms with Crippen LogP contribution in [0.4, 0.5) is 0 Å². The van der Waals surface area contributed by atoms with Gasteiger partial charge in [0.25, 0.3) is 0 Å². The number of carboxylic acids is 1. The number of nitrogens with two attached hydrogens (primary N) is 1. The molecule has 8 amide bonds. The molecule has 0 unspecified atom stereocenters. The number of phenolic OH excluding ortho intramolecular Hbond substituents is 1. The topological polar surface area (TPSA) is 337 Å². The molecule has 0 saturated heterocycles. The number of aliphatic hydroxyl groups is 1. The van der Waals surface area contributed by atoms with Gasteiger partial charge in [-0.15, -0.1) is 0 Å². The lowest BCUT2D eigenvalue weighted by Gasteiger charge is -2.29. The summed E-state index contributed by atoms with van der Waals surface area (Å²) in [5.41, 5.74) is 6.79. The van der Waals surface area contributed by atoms with Crippen molar-refractivity contribution in [3.63, 3.8) is 0 Å². The highest BCUT2D eigenvalue weighted by Gasteiger charge is 2.35. The first-order valence-electron chi connectivity index (χ1n) is 22.5. The van der Waals surface area contributed by atoms with Gasteiger partial charge < -0.3 is 63.6 Å². The lowest BCUT2D eigenvalue weighted by atomic mass is 9.99. The van der Waals surface area contributed by atoms with E-state index in [0.29, 0.717) is 11.3 Å². The first-order valence-corrected chi connectivity index (χ1v) is 23.9. The Balaban J connectivity index is 3.00. The number of carbonyl (C=O) groups is 9. The summed E-state index contributed by atoms with van der Waals surface area (Å²) in [6, 6.07) is -2.31. The lowest BCUT2D eigenvalue weighted by Crippen LogP contribution is -2.61.